The number of ether oxygens (including phenoxy) is 3. The Hall–Kier alpha value is -5.68. The Bertz CT molecular complexity index is 2210. The van der Waals surface area contributed by atoms with Crippen LogP contribution in [0.15, 0.2) is 105 Å². The number of hydrogen-bond acceptors (Lipinski definition) is 9. The van der Waals surface area contributed by atoms with Crippen LogP contribution in [0, 0.1) is 0 Å². The van der Waals surface area contributed by atoms with Crippen LogP contribution >= 0.6 is 11.3 Å². The van der Waals surface area contributed by atoms with Crippen molar-refractivity contribution in [2.75, 3.05) is 19.8 Å². The number of rotatable bonds is 11. The first-order valence-electron chi connectivity index (χ1n) is 15.4. The van der Waals surface area contributed by atoms with Gasteiger partial charge in [0, 0.05) is 17.2 Å². The molecule has 10 nitrogen and oxygen atoms in total. The Morgan fingerprint density at radius 2 is 1.65 bits per heavy atom. The van der Waals surface area contributed by atoms with Gasteiger partial charge in [-0.1, -0.05) is 65.9 Å². The molecule has 1 aliphatic rings. The number of esters is 1. The van der Waals surface area contributed by atoms with Crippen LogP contribution in [-0.2, 0) is 9.53 Å². The molecule has 1 atom stereocenters. The summed E-state index contributed by atoms with van der Waals surface area (Å²) >= 11 is 1.15. The Morgan fingerprint density at radius 1 is 0.917 bits per heavy atom. The molecule has 6 rings (SSSR count). The van der Waals surface area contributed by atoms with Gasteiger partial charge in [-0.25, -0.2) is 14.6 Å². The van der Waals surface area contributed by atoms with Gasteiger partial charge in [-0.05, 0) is 56.7 Å². The van der Waals surface area contributed by atoms with Gasteiger partial charge in [-0.3, -0.25) is 9.36 Å². The van der Waals surface area contributed by atoms with E-state index in [2.05, 4.69) is 0 Å². The second-order valence-electron chi connectivity index (χ2n) is 10.6. The van der Waals surface area contributed by atoms with Crippen LogP contribution in [0.25, 0.3) is 23.1 Å². The third-order valence-electron chi connectivity index (χ3n) is 7.58. The molecule has 244 valence electrons. The molecule has 0 saturated carbocycles. The molecule has 2 aromatic heterocycles. The van der Waals surface area contributed by atoms with Gasteiger partial charge < -0.3 is 23.7 Å². The molecule has 5 aromatic rings. The van der Waals surface area contributed by atoms with Crippen LogP contribution in [-0.4, -0.2) is 41.4 Å². The summed E-state index contributed by atoms with van der Waals surface area (Å²) < 4.78 is 25.1. The van der Waals surface area contributed by atoms with Crippen molar-refractivity contribution >= 4 is 35.0 Å². The highest BCUT2D eigenvalue weighted by Crippen LogP contribution is 2.39. The van der Waals surface area contributed by atoms with E-state index in [1.807, 2.05) is 44.2 Å². The maximum atomic E-state index is 14.3. The predicted molar refractivity (Wildman–Crippen MR) is 181 cm³/mol. The highest BCUT2D eigenvalue weighted by molar-refractivity contribution is 7.07. The lowest BCUT2D eigenvalue weighted by molar-refractivity contribution is -0.138. The highest BCUT2D eigenvalue weighted by atomic mass is 32.1. The fourth-order valence-corrected chi connectivity index (χ4v) is 6.56. The van der Waals surface area contributed by atoms with Crippen molar-refractivity contribution in [1.29, 1.82) is 0 Å². The molecular weight excluding hydrogens is 632 g/mol. The number of carboxylic acids is 1. The molecule has 3 heterocycles. The number of nitrogens with zero attached hydrogens (tertiary/aromatic N) is 2. The van der Waals surface area contributed by atoms with E-state index >= 15 is 0 Å². The van der Waals surface area contributed by atoms with Crippen LogP contribution in [0.4, 0.5) is 0 Å². The van der Waals surface area contributed by atoms with Crippen molar-refractivity contribution in [3.05, 3.63) is 133 Å². The van der Waals surface area contributed by atoms with Crippen LogP contribution in [0.2, 0.25) is 0 Å². The quantitative estimate of drug-likeness (QED) is 0.178. The minimum atomic E-state index is -1.08. The second-order valence-corrected chi connectivity index (χ2v) is 11.6. The van der Waals surface area contributed by atoms with Crippen LogP contribution in [0.1, 0.15) is 54.1 Å². The lowest BCUT2D eigenvalue weighted by atomic mass is 9.93. The zero-order valence-electron chi connectivity index (χ0n) is 26.5. The summed E-state index contributed by atoms with van der Waals surface area (Å²) in [6.45, 7) is 6.40. The summed E-state index contributed by atoms with van der Waals surface area (Å²) in [4.78, 5) is 45.2. The average Bonchev–Trinajstić information content (AvgIpc) is 3.69. The molecule has 0 amide bonds. The van der Waals surface area contributed by atoms with Gasteiger partial charge in [0.15, 0.2) is 16.3 Å². The third kappa shape index (κ3) is 6.19. The van der Waals surface area contributed by atoms with Crippen LogP contribution in [0.5, 0.6) is 11.5 Å². The number of aromatic nitrogens is 1. The van der Waals surface area contributed by atoms with Gasteiger partial charge in [-0.15, -0.1) is 0 Å². The van der Waals surface area contributed by atoms with E-state index in [0.717, 1.165) is 11.3 Å². The van der Waals surface area contributed by atoms with E-state index in [4.69, 9.17) is 23.6 Å². The van der Waals surface area contributed by atoms with Crippen molar-refractivity contribution < 1.29 is 33.3 Å². The fraction of sp³-hybridized carbons (Fsp3) is 0.189. The molecule has 0 fully saturated rings. The molecular formula is C37H32N2O8S. The number of fused-ring (bicyclic) bond motifs is 1. The number of benzene rings is 3. The lowest BCUT2D eigenvalue weighted by Crippen LogP contribution is -2.40. The largest absolute Gasteiger partial charge is 0.490 e. The number of hydrogen-bond donors (Lipinski definition) is 1. The standard InChI is InChI=1S/C37H32N2O8S/c1-4-44-28-18-16-23(20-29(28)45-5-2)33-31(36(43)46-6-3)32(22-12-8-7-9-13-22)38-37-39(33)34(40)30(48-37)21-24-17-19-27(47-24)25-14-10-11-15-26(25)35(41)42/h7-21,33H,4-6H2,1-3H3,(H,41,42)/b30-21+/t33-/m0/s1. The number of thiazole rings is 1. The SMILES string of the molecule is CCOC(=O)C1=C(c2ccccc2)N=c2s/c(=C/c3ccc(-c4ccccc4C(=O)O)o3)c(=O)n2[C@H]1c1ccc(OCC)c(OCC)c1. The van der Waals surface area contributed by atoms with Gasteiger partial charge in [0.1, 0.15) is 11.5 Å². The van der Waals surface area contributed by atoms with Crippen molar-refractivity contribution in [2.24, 2.45) is 4.99 Å². The number of aromatic carboxylic acids is 1. The predicted octanol–water partition coefficient (Wildman–Crippen LogP) is 5.69. The van der Waals surface area contributed by atoms with Gasteiger partial charge in [-0.2, -0.15) is 0 Å². The Labute approximate surface area is 279 Å². The molecule has 3 aromatic carbocycles. The van der Waals surface area contributed by atoms with Gasteiger partial charge in [0.2, 0.25) is 0 Å². The van der Waals surface area contributed by atoms with E-state index in [1.165, 1.54) is 10.6 Å². The lowest BCUT2D eigenvalue weighted by Gasteiger charge is -2.26. The monoisotopic (exact) mass is 664 g/mol. The zero-order valence-corrected chi connectivity index (χ0v) is 27.3. The summed E-state index contributed by atoms with van der Waals surface area (Å²) in [6.07, 6.45) is 1.59. The molecule has 0 spiro atoms. The summed E-state index contributed by atoms with van der Waals surface area (Å²) in [6, 6.07) is 23.6. The number of carbonyl (C=O) groups excluding carboxylic acids is 1. The maximum absolute atomic E-state index is 14.3. The number of carbonyl (C=O) groups is 2. The van der Waals surface area contributed by atoms with E-state index in [0.29, 0.717) is 68.0 Å². The molecule has 0 unspecified atom stereocenters. The fourth-order valence-electron chi connectivity index (χ4n) is 5.58. The molecule has 0 radical (unpaired) electrons. The van der Waals surface area contributed by atoms with Crippen molar-refractivity contribution in [2.45, 2.75) is 26.8 Å². The zero-order chi connectivity index (χ0) is 33.8. The molecule has 1 aliphatic heterocycles. The summed E-state index contributed by atoms with van der Waals surface area (Å²) in [7, 11) is 0. The Kier molecular flexibility index (Phi) is 9.40. The third-order valence-corrected chi connectivity index (χ3v) is 8.56. The van der Waals surface area contributed by atoms with E-state index in [1.54, 1.807) is 61.5 Å². The Balaban J connectivity index is 1.57. The van der Waals surface area contributed by atoms with Crippen LogP contribution < -0.4 is 24.4 Å². The molecule has 48 heavy (non-hydrogen) atoms. The summed E-state index contributed by atoms with van der Waals surface area (Å²) in [5.74, 6) is 0.0336. The summed E-state index contributed by atoms with van der Waals surface area (Å²) in [5, 5.41) is 9.65. The van der Waals surface area contributed by atoms with Crippen LogP contribution in [0.3, 0.4) is 0 Å². The number of furan rings is 1. The first-order valence-corrected chi connectivity index (χ1v) is 16.3. The molecule has 11 heteroatoms. The minimum Gasteiger partial charge on any atom is -0.490 e. The average molecular weight is 665 g/mol. The van der Waals surface area contributed by atoms with Crippen molar-refractivity contribution in [3.8, 4) is 22.8 Å². The first kappa shape index (κ1) is 32.3. The van der Waals surface area contributed by atoms with E-state index < -0.39 is 23.5 Å². The molecule has 0 aliphatic carbocycles. The molecule has 0 saturated heterocycles. The molecule has 1 N–H and O–H groups in total. The van der Waals surface area contributed by atoms with Gasteiger partial charge in [0.25, 0.3) is 5.56 Å². The van der Waals surface area contributed by atoms with Gasteiger partial charge in [0.05, 0.1) is 47.2 Å². The highest BCUT2D eigenvalue weighted by Gasteiger charge is 2.35. The number of carboxylic acid groups (broad SMARTS) is 1. The van der Waals surface area contributed by atoms with E-state index in [-0.39, 0.29) is 17.7 Å². The normalized spacial score (nSPS) is 14.3. The van der Waals surface area contributed by atoms with Crippen molar-refractivity contribution in [3.63, 3.8) is 0 Å². The summed E-state index contributed by atoms with van der Waals surface area (Å²) in [5.41, 5.74) is 2.01. The topological polar surface area (TPSA) is 130 Å². The minimum absolute atomic E-state index is 0.0967. The second kappa shape index (κ2) is 14.0. The van der Waals surface area contributed by atoms with Crippen molar-refractivity contribution in [1.82, 2.24) is 4.57 Å². The molecule has 0 bridgehead atoms. The maximum Gasteiger partial charge on any atom is 0.338 e. The smallest absolute Gasteiger partial charge is 0.338 e. The first-order chi connectivity index (χ1) is 23.3. The van der Waals surface area contributed by atoms with Gasteiger partial charge >= 0.3 is 11.9 Å². The Morgan fingerprint density at radius 3 is 2.38 bits per heavy atom. The van der Waals surface area contributed by atoms with E-state index in [9.17, 15) is 19.5 Å².